The standard InChI is InChI=1S/C15H22N2O2/c1-11(2)19-14-7-5-13(6-8-14)17-15(18)12-4-3-9-16-10-12/h5-8,11-12,16H,3-4,9-10H2,1-2H3,(H,17,18)/t12-/m0/s1. The maximum Gasteiger partial charge on any atom is 0.228 e. The van der Waals surface area contributed by atoms with Gasteiger partial charge in [-0.3, -0.25) is 4.79 Å². The van der Waals surface area contributed by atoms with Gasteiger partial charge in [0.1, 0.15) is 5.75 Å². The largest absolute Gasteiger partial charge is 0.491 e. The number of carbonyl (C=O) groups excluding carboxylic acids is 1. The lowest BCUT2D eigenvalue weighted by Gasteiger charge is -2.22. The summed E-state index contributed by atoms with van der Waals surface area (Å²) in [6.07, 6.45) is 2.20. The van der Waals surface area contributed by atoms with E-state index in [2.05, 4.69) is 10.6 Å². The van der Waals surface area contributed by atoms with Crippen LogP contribution < -0.4 is 15.4 Å². The number of amides is 1. The lowest BCUT2D eigenvalue weighted by molar-refractivity contribution is -0.120. The zero-order valence-corrected chi connectivity index (χ0v) is 11.6. The molecule has 0 aliphatic carbocycles. The van der Waals surface area contributed by atoms with Gasteiger partial charge in [-0.2, -0.15) is 0 Å². The lowest BCUT2D eigenvalue weighted by atomic mass is 9.99. The number of anilines is 1. The van der Waals surface area contributed by atoms with Crippen LogP contribution in [0.5, 0.6) is 5.75 Å². The summed E-state index contributed by atoms with van der Waals surface area (Å²) in [5, 5.41) is 6.21. The maximum atomic E-state index is 12.0. The van der Waals surface area contributed by atoms with Crippen LogP contribution in [0.25, 0.3) is 0 Å². The minimum absolute atomic E-state index is 0.0836. The third-order valence-electron chi connectivity index (χ3n) is 3.16. The fourth-order valence-electron chi connectivity index (χ4n) is 2.21. The number of carbonyl (C=O) groups is 1. The molecule has 1 fully saturated rings. The molecule has 0 bridgehead atoms. The van der Waals surface area contributed by atoms with Crippen molar-refractivity contribution >= 4 is 11.6 Å². The highest BCUT2D eigenvalue weighted by molar-refractivity contribution is 5.92. The summed E-state index contributed by atoms with van der Waals surface area (Å²) in [4.78, 5) is 12.0. The quantitative estimate of drug-likeness (QED) is 0.876. The third-order valence-corrected chi connectivity index (χ3v) is 3.16. The van der Waals surface area contributed by atoms with Crippen molar-refractivity contribution in [2.24, 2.45) is 5.92 Å². The Labute approximate surface area is 114 Å². The molecule has 2 rings (SSSR count). The fourth-order valence-corrected chi connectivity index (χ4v) is 2.21. The number of hydrogen-bond donors (Lipinski definition) is 2. The van der Waals surface area contributed by atoms with Crippen LogP contribution in [0.4, 0.5) is 5.69 Å². The van der Waals surface area contributed by atoms with Gasteiger partial charge in [-0.25, -0.2) is 0 Å². The molecule has 1 aromatic rings. The Balaban J connectivity index is 1.89. The first-order valence-corrected chi connectivity index (χ1v) is 6.93. The van der Waals surface area contributed by atoms with Crippen LogP contribution in [0.2, 0.25) is 0 Å². The molecule has 0 spiro atoms. The summed E-state index contributed by atoms with van der Waals surface area (Å²) >= 11 is 0. The maximum absolute atomic E-state index is 12.0. The highest BCUT2D eigenvalue weighted by Crippen LogP contribution is 2.18. The Morgan fingerprint density at radius 2 is 2.11 bits per heavy atom. The topological polar surface area (TPSA) is 50.4 Å². The SMILES string of the molecule is CC(C)Oc1ccc(NC(=O)[C@H]2CCCNC2)cc1. The number of ether oxygens (including phenoxy) is 1. The Morgan fingerprint density at radius 1 is 1.37 bits per heavy atom. The van der Waals surface area contributed by atoms with Gasteiger partial charge in [0.05, 0.1) is 12.0 Å². The number of benzene rings is 1. The molecule has 1 atom stereocenters. The molecule has 4 heteroatoms. The minimum Gasteiger partial charge on any atom is -0.491 e. The van der Waals surface area contributed by atoms with Crippen molar-refractivity contribution in [2.75, 3.05) is 18.4 Å². The van der Waals surface area contributed by atoms with Crippen molar-refractivity contribution in [3.8, 4) is 5.75 Å². The molecular weight excluding hydrogens is 240 g/mol. The number of nitrogens with one attached hydrogen (secondary N) is 2. The van der Waals surface area contributed by atoms with Crippen LogP contribution in [-0.4, -0.2) is 25.1 Å². The van der Waals surface area contributed by atoms with E-state index < -0.39 is 0 Å². The third kappa shape index (κ3) is 4.24. The van der Waals surface area contributed by atoms with Gasteiger partial charge < -0.3 is 15.4 Å². The fraction of sp³-hybridized carbons (Fsp3) is 0.533. The van der Waals surface area contributed by atoms with Crippen LogP contribution in [0.1, 0.15) is 26.7 Å². The van der Waals surface area contributed by atoms with Gasteiger partial charge in [-0.05, 0) is 57.5 Å². The van der Waals surface area contributed by atoms with E-state index in [4.69, 9.17) is 4.74 Å². The van der Waals surface area contributed by atoms with Crippen LogP contribution in [0, 0.1) is 5.92 Å². The van der Waals surface area contributed by atoms with Gasteiger partial charge >= 0.3 is 0 Å². The highest BCUT2D eigenvalue weighted by Gasteiger charge is 2.20. The van der Waals surface area contributed by atoms with E-state index in [-0.39, 0.29) is 17.9 Å². The summed E-state index contributed by atoms with van der Waals surface area (Å²) in [6.45, 7) is 5.78. The van der Waals surface area contributed by atoms with E-state index in [0.717, 1.165) is 37.4 Å². The Hall–Kier alpha value is -1.55. The van der Waals surface area contributed by atoms with E-state index >= 15 is 0 Å². The molecule has 0 unspecified atom stereocenters. The molecular formula is C15H22N2O2. The van der Waals surface area contributed by atoms with Gasteiger partial charge in [0.2, 0.25) is 5.91 Å². The van der Waals surface area contributed by atoms with Gasteiger partial charge in [0.25, 0.3) is 0 Å². The molecule has 1 heterocycles. The summed E-state index contributed by atoms with van der Waals surface area (Å²) in [6, 6.07) is 7.53. The Bertz CT molecular complexity index is 409. The number of rotatable bonds is 4. The molecule has 4 nitrogen and oxygen atoms in total. The highest BCUT2D eigenvalue weighted by atomic mass is 16.5. The van der Waals surface area contributed by atoms with Gasteiger partial charge in [-0.15, -0.1) is 0 Å². The number of hydrogen-bond acceptors (Lipinski definition) is 3. The smallest absolute Gasteiger partial charge is 0.228 e. The molecule has 1 amide bonds. The van der Waals surface area contributed by atoms with Crippen LogP contribution in [-0.2, 0) is 4.79 Å². The average Bonchev–Trinajstić information content (AvgIpc) is 2.41. The second-order valence-electron chi connectivity index (χ2n) is 5.22. The van der Waals surface area contributed by atoms with Crippen molar-refractivity contribution in [2.45, 2.75) is 32.8 Å². The molecule has 0 saturated carbocycles. The first-order valence-electron chi connectivity index (χ1n) is 6.93. The van der Waals surface area contributed by atoms with Crippen molar-refractivity contribution in [1.29, 1.82) is 0 Å². The van der Waals surface area contributed by atoms with Crippen LogP contribution in [0.15, 0.2) is 24.3 Å². The van der Waals surface area contributed by atoms with Gasteiger partial charge in [0.15, 0.2) is 0 Å². The van der Waals surface area contributed by atoms with Gasteiger partial charge in [-0.1, -0.05) is 0 Å². The first kappa shape index (κ1) is 13.9. The summed E-state index contributed by atoms with van der Waals surface area (Å²) < 4.78 is 5.57. The molecule has 1 saturated heterocycles. The predicted molar refractivity (Wildman–Crippen MR) is 76.4 cm³/mol. The predicted octanol–water partition coefficient (Wildman–Crippen LogP) is 2.41. The monoisotopic (exact) mass is 262 g/mol. The molecule has 2 N–H and O–H groups in total. The van der Waals surface area contributed by atoms with Crippen molar-refractivity contribution in [3.63, 3.8) is 0 Å². The second-order valence-corrected chi connectivity index (χ2v) is 5.22. The molecule has 104 valence electrons. The van der Waals surface area contributed by atoms with E-state index in [1.165, 1.54) is 0 Å². The Morgan fingerprint density at radius 3 is 2.68 bits per heavy atom. The van der Waals surface area contributed by atoms with Crippen molar-refractivity contribution in [1.82, 2.24) is 5.32 Å². The zero-order chi connectivity index (χ0) is 13.7. The molecule has 1 aromatic carbocycles. The first-order chi connectivity index (χ1) is 9.15. The Kier molecular flexibility index (Phi) is 4.80. The lowest BCUT2D eigenvalue weighted by Crippen LogP contribution is -2.37. The summed E-state index contributed by atoms with van der Waals surface area (Å²) in [5.74, 6) is 1.01. The minimum atomic E-state index is 0.0836. The van der Waals surface area contributed by atoms with Crippen molar-refractivity contribution < 1.29 is 9.53 Å². The van der Waals surface area contributed by atoms with E-state index in [1.54, 1.807) is 0 Å². The average molecular weight is 262 g/mol. The normalized spacial score (nSPS) is 19.2. The number of piperidine rings is 1. The molecule has 0 aromatic heterocycles. The van der Waals surface area contributed by atoms with Crippen LogP contribution >= 0.6 is 0 Å². The van der Waals surface area contributed by atoms with E-state index in [1.807, 2.05) is 38.1 Å². The van der Waals surface area contributed by atoms with Crippen molar-refractivity contribution in [3.05, 3.63) is 24.3 Å². The molecule has 1 aliphatic heterocycles. The van der Waals surface area contributed by atoms with Gasteiger partial charge in [0, 0.05) is 12.2 Å². The molecule has 19 heavy (non-hydrogen) atoms. The second kappa shape index (κ2) is 6.57. The van der Waals surface area contributed by atoms with E-state index in [0.29, 0.717) is 0 Å². The molecule has 1 aliphatic rings. The summed E-state index contributed by atoms with van der Waals surface area (Å²) in [5.41, 5.74) is 0.826. The van der Waals surface area contributed by atoms with E-state index in [9.17, 15) is 4.79 Å². The summed E-state index contributed by atoms with van der Waals surface area (Å²) in [7, 11) is 0. The molecule has 0 radical (unpaired) electrons. The van der Waals surface area contributed by atoms with Crippen LogP contribution in [0.3, 0.4) is 0 Å². The zero-order valence-electron chi connectivity index (χ0n) is 11.6.